The first kappa shape index (κ1) is 7.93. The van der Waals surface area contributed by atoms with E-state index in [4.69, 9.17) is 0 Å². The van der Waals surface area contributed by atoms with Gasteiger partial charge in [-0.05, 0) is 19.8 Å². The summed E-state index contributed by atoms with van der Waals surface area (Å²) in [7, 11) is 0. The molecule has 1 nitrogen and oxygen atoms in total. The Labute approximate surface area is 73.3 Å². The third kappa shape index (κ3) is 1.73. The van der Waals surface area contributed by atoms with Crippen molar-refractivity contribution in [1.82, 2.24) is 5.32 Å². The Balaban J connectivity index is 1.82. The van der Waals surface area contributed by atoms with E-state index in [-0.39, 0.29) is 0 Å². The van der Waals surface area contributed by atoms with Crippen LogP contribution < -0.4 is 5.32 Å². The zero-order valence-electron chi connectivity index (χ0n) is 7.23. The van der Waals surface area contributed by atoms with Crippen molar-refractivity contribution in [1.29, 1.82) is 0 Å². The first-order valence-corrected chi connectivity index (χ1v) is 5.79. The van der Waals surface area contributed by atoms with Gasteiger partial charge in [-0.1, -0.05) is 12.8 Å². The van der Waals surface area contributed by atoms with Gasteiger partial charge in [0.1, 0.15) is 0 Å². The highest BCUT2D eigenvalue weighted by Gasteiger charge is 2.32. The first-order chi connectivity index (χ1) is 5.29. The van der Waals surface area contributed by atoms with Gasteiger partial charge in [-0.2, -0.15) is 11.8 Å². The Morgan fingerprint density at radius 3 is 2.36 bits per heavy atom. The van der Waals surface area contributed by atoms with Gasteiger partial charge in [0.2, 0.25) is 0 Å². The summed E-state index contributed by atoms with van der Waals surface area (Å²) in [6, 6.07) is 0.836. The highest BCUT2D eigenvalue weighted by Crippen LogP contribution is 2.31. The summed E-state index contributed by atoms with van der Waals surface area (Å²) < 4.78 is 0. The molecule has 0 unspecified atom stereocenters. The molecular weight excluding hydrogens is 154 g/mol. The summed E-state index contributed by atoms with van der Waals surface area (Å²) in [6.07, 6.45) is 5.66. The van der Waals surface area contributed by atoms with Gasteiger partial charge < -0.3 is 5.32 Å². The highest BCUT2D eigenvalue weighted by atomic mass is 32.2. The molecule has 0 spiro atoms. The molecule has 1 saturated carbocycles. The van der Waals surface area contributed by atoms with Gasteiger partial charge >= 0.3 is 0 Å². The maximum absolute atomic E-state index is 3.77. The van der Waals surface area contributed by atoms with E-state index in [1.165, 1.54) is 37.2 Å². The van der Waals surface area contributed by atoms with Crippen LogP contribution in [0.3, 0.4) is 0 Å². The Morgan fingerprint density at radius 1 is 1.27 bits per heavy atom. The molecule has 1 aliphatic carbocycles. The van der Waals surface area contributed by atoms with Crippen LogP contribution in [0.5, 0.6) is 0 Å². The Bertz CT molecular complexity index is 136. The topological polar surface area (TPSA) is 12.0 Å². The smallest absolute Gasteiger partial charge is 0.0253 e. The average Bonchev–Trinajstić information content (AvgIpc) is 2.29. The standard InChI is InChI=1S/C9H17NS/c1-9(4-2-3-5-9)10-8-6-11-7-8/h8,10H,2-7H2,1H3. The molecule has 0 amide bonds. The van der Waals surface area contributed by atoms with Crippen LogP contribution in [0.4, 0.5) is 0 Å². The zero-order valence-corrected chi connectivity index (χ0v) is 8.04. The van der Waals surface area contributed by atoms with Gasteiger partial charge in [-0.15, -0.1) is 0 Å². The van der Waals surface area contributed by atoms with E-state index < -0.39 is 0 Å². The minimum absolute atomic E-state index is 0.506. The maximum Gasteiger partial charge on any atom is 0.0253 e. The molecule has 1 saturated heterocycles. The Kier molecular flexibility index (Phi) is 2.15. The third-order valence-corrected chi connectivity index (χ3v) is 4.17. The van der Waals surface area contributed by atoms with Gasteiger partial charge in [0, 0.05) is 23.1 Å². The summed E-state index contributed by atoms with van der Waals surface area (Å²) in [4.78, 5) is 0. The lowest BCUT2D eigenvalue weighted by Gasteiger charge is -2.35. The predicted octanol–water partition coefficient (Wildman–Crippen LogP) is 2.02. The van der Waals surface area contributed by atoms with Crippen LogP contribution in [0, 0.1) is 0 Å². The molecule has 0 bridgehead atoms. The molecule has 1 N–H and O–H groups in total. The van der Waals surface area contributed by atoms with E-state index in [0.717, 1.165) is 6.04 Å². The molecule has 0 atom stereocenters. The lowest BCUT2D eigenvalue weighted by Crippen LogP contribution is -2.51. The Morgan fingerprint density at radius 2 is 1.91 bits per heavy atom. The second-order valence-corrected chi connectivity index (χ2v) is 5.22. The summed E-state index contributed by atoms with van der Waals surface area (Å²) in [5.41, 5.74) is 0.506. The molecule has 0 aromatic rings. The molecule has 1 aliphatic heterocycles. The SMILES string of the molecule is CC1(NC2CSC2)CCCC1. The molecule has 2 aliphatic rings. The van der Waals surface area contributed by atoms with E-state index in [1.54, 1.807) is 0 Å². The number of rotatable bonds is 2. The first-order valence-electron chi connectivity index (χ1n) is 4.64. The second kappa shape index (κ2) is 2.98. The van der Waals surface area contributed by atoms with Crippen molar-refractivity contribution < 1.29 is 0 Å². The third-order valence-electron chi connectivity index (χ3n) is 2.90. The predicted molar refractivity (Wildman–Crippen MR) is 51.1 cm³/mol. The number of thioether (sulfide) groups is 1. The molecule has 0 radical (unpaired) electrons. The minimum Gasteiger partial charge on any atom is -0.307 e. The van der Waals surface area contributed by atoms with E-state index in [2.05, 4.69) is 24.0 Å². The lowest BCUT2D eigenvalue weighted by molar-refractivity contribution is 0.333. The molecular formula is C9H17NS. The van der Waals surface area contributed by atoms with Crippen LogP contribution in [-0.2, 0) is 0 Å². The van der Waals surface area contributed by atoms with Crippen LogP contribution in [0.2, 0.25) is 0 Å². The van der Waals surface area contributed by atoms with E-state index in [0.29, 0.717) is 5.54 Å². The Hall–Kier alpha value is 0.310. The van der Waals surface area contributed by atoms with Gasteiger partial charge in [-0.25, -0.2) is 0 Å². The van der Waals surface area contributed by atoms with Gasteiger partial charge in [-0.3, -0.25) is 0 Å². The summed E-state index contributed by atoms with van der Waals surface area (Å²) in [6.45, 7) is 2.39. The van der Waals surface area contributed by atoms with Crippen molar-refractivity contribution in [3.8, 4) is 0 Å². The fourth-order valence-corrected chi connectivity index (χ4v) is 2.75. The van der Waals surface area contributed by atoms with Crippen molar-refractivity contribution in [2.24, 2.45) is 0 Å². The molecule has 64 valence electrons. The van der Waals surface area contributed by atoms with Gasteiger partial charge in [0.05, 0.1) is 0 Å². The molecule has 2 rings (SSSR count). The van der Waals surface area contributed by atoms with Crippen molar-refractivity contribution in [3.63, 3.8) is 0 Å². The summed E-state index contributed by atoms with van der Waals surface area (Å²) in [5.74, 6) is 2.69. The van der Waals surface area contributed by atoms with E-state index >= 15 is 0 Å². The summed E-state index contributed by atoms with van der Waals surface area (Å²) in [5, 5.41) is 3.77. The summed E-state index contributed by atoms with van der Waals surface area (Å²) >= 11 is 2.06. The van der Waals surface area contributed by atoms with E-state index in [1.807, 2.05) is 0 Å². The number of nitrogens with one attached hydrogen (secondary N) is 1. The van der Waals surface area contributed by atoms with Crippen molar-refractivity contribution in [2.75, 3.05) is 11.5 Å². The number of hydrogen-bond donors (Lipinski definition) is 1. The zero-order chi connectivity index (χ0) is 7.73. The monoisotopic (exact) mass is 171 g/mol. The van der Waals surface area contributed by atoms with Crippen LogP contribution >= 0.6 is 11.8 Å². The molecule has 0 aromatic carbocycles. The maximum atomic E-state index is 3.77. The molecule has 0 aromatic heterocycles. The normalized spacial score (nSPS) is 30.3. The quantitative estimate of drug-likeness (QED) is 0.682. The minimum atomic E-state index is 0.506. The molecule has 11 heavy (non-hydrogen) atoms. The van der Waals surface area contributed by atoms with Crippen molar-refractivity contribution in [2.45, 2.75) is 44.2 Å². The second-order valence-electron chi connectivity index (χ2n) is 4.15. The lowest BCUT2D eigenvalue weighted by atomic mass is 10.00. The highest BCUT2D eigenvalue weighted by molar-refractivity contribution is 8.00. The molecule has 1 heterocycles. The largest absolute Gasteiger partial charge is 0.307 e. The molecule has 2 heteroatoms. The van der Waals surface area contributed by atoms with E-state index in [9.17, 15) is 0 Å². The van der Waals surface area contributed by atoms with Gasteiger partial charge in [0.25, 0.3) is 0 Å². The van der Waals surface area contributed by atoms with Crippen LogP contribution in [-0.4, -0.2) is 23.1 Å². The van der Waals surface area contributed by atoms with Crippen LogP contribution in [0.15, 0.2) is 0 Å². The van der Waals surface area contributed by atoms with Gasteiger partial charge in [0.15, 0.2) is 0 Å². The average molecular weight is 171 g/mol. The number of hydrogen-bond acceptors (Lipinski definition) is 2. The molecule has 2 fully saturated rings. The fourth-order valence-electron chi connectivity index (χ4n) is 2.11. The van der Waals surface area contributed by atoms with Crippen molar-refractivity contribution in [3.05, 3.63) is 0 Å². The van der Waals surface area contributed by atoms with Crippen LogP contribution in [0.1, 0.15) is 32.6 Å². The van der Waals surface area contributed by atoms with Crippen molar-refractivity contribution >= 4 is 11.8 Å². The fraction of sp³-hybridized carbons (Fsp3) is 1.00. The van der Waals surface area contributed by atoms with Crippen LogP contribution in [0.25, 0.3) is 0 Å².